The van der Waals surface area contributed by atoms with Crippen molar-refractivity contribution in [2.45, 2.75) is 51.5 Å². The lowest BCUT2D eigenvalue weighted by molar-refractivity contribution is 0.673. The Morgan fingerprint density at radius 2 is 2.06 bits per heavy atom. The molecule has 0 aromatic heterocycles. The first-order chi connectivity index (χ1) is 8.38. The molecule has 0 bridgehead atoms. The van der Waals surface area contributed by atoms with E-state index in [2.05, 4.69) is 48.7 Å². The van der Waals surface area contributed by atoms with Gasteiger partial charge in [0.25, 0.3) is 0 Å². The zero-order valence-electron chi connectivity index (χ0n) is 10.8. The van der Waals surface area contributed by atoms with Gasteiger partial charge in [0.15, 0.2) is 0 Å². The summed E-state index contributed by atoms with van der Waals surface area (Å²) in [5.41, 5.74) is 2.71. The van der Waals surface area contributed by atoms with Crippen molar-refractivity contribution in [3.63, 3.8) is 0 Å². The SMILES string of the molecule is CCCCc1ccc(NC2C=CCCC2)cc1. The third-order valence-corrected chi connectivity index (χ3v) is 3.38. The van der Waals surface area contributed by atoms with Gasteiger partial charge in [-0.2, -0.15) is 0 Å². The fraction of sp³-hybridized carbons (Fsp3) is 0.500. The third-order valence-electron chi connectivity index (χ3n) is 3.38. The van der Waals surface area contributed by atoms with Crippen LogP contribution in [-0.2, 0) is 6.42 Å². The molecule has 0 heterocycles. The summed E-state index contributed by atoms with van der Waals surface area (Å²) < 4.78 is 0. The molecule has 1 N–H and O–H groups in total. The Balaban J connectivity index is 1.88. The van der Waals surface area contributed by atoms with Crippen LogP contribution in [0.3, 0.4) is 0 Å². The van der Waals surface area contributed by atoms with Crippen LogP contribution in [0.15, 0.2) is 36.4 Å². The summed E-state index contributed by atoms with van der Waals surface area (Å²) in [4.78, 5) is 0. The molecule has 2 rings (SSSR count). The van der Waals surface area contributed by atoms with Crippen molar-refractivity contribution >= 4 is 5.69 Å². The highest BCUT2D eigenvalue weighted by Gasteiger charge is 2.07. The molecule has 0 aliphatic heterocycles. The van der Waals surface area contributed by atoms with Gasteiger partial charge in [-0.25, -0.2) is 0 Å². The fourth-order valence-corrected chi connectivity index (χ4v) is 2.30. The van der Waals surface area contributed by atoms with Crippen LogP contribution in [0.5, 0.6) is 0 Å². The molecule has 0 saturated carbocycles. The van der Waals surface area contributed by atoms with Gasteiger partial charge < -0.3 is 5.32 Å². The number of benzene rings is 1. The standard InChI is InChI=1S/C16H23N/c1-2-3-7-14-10-12-16(13-11-14)17-15-8-5-4-6-9-15/h5,8,10-13,15,17H,2-4,6-7,9H2,1H3. The van der Waals surface area contributed by atoms with Gasteiger partial charge in [-0.3, -0.25) is 0 Å². The molecule has 0 amide bonds. The number of hydrogen-bond acceptors (Lipinski definition) is 1. The van der Waals surface area contributed by atoms with Crippen LogP contribution >= 0.6 is 0 Å². The Kier molecular flexibility index (Phi) is 4.66. The highest BCUT2D eigenvalue weighted by molar-refractivity contribution is 5.46. The first-order valence-electron chi connectivity index (χ1n) is 6.90. The average molecular weight is 229 g/mol. The van der Waals surface area contributed by atoms with E-state index >= 15 is 0 Å². The first kappa shape index (κ1) is 12.2. The molecular weight excluding hydrogens is 206 g/mol. The monoisotopic (exact) mass is 229 g/mol. The summed E-state index contributed by atoms with van der Waals surface area (Å²) in [6.45, 7) is 2.24. The number of allylic oxidation sites excluding steroid dienone is 1. The van der Waals surface area contributed by atoms with Crippen LogP contribution in [0.1, 0.15) is 44.6 Å². The Bertz CT molecular complexity index is 350. The van der Waals surface area contributed by atoms with E-state index in [1.165, 1.54) is 49.8 Å². The first-order valence-corrected chi connectivity index (χ1v) is 6.90. The zero-order chi connectivity index (χ0) is 11.9. The summed E-state index contributed by atoms with van der Waals surface area (Å²) in [5.74, 6) is 0. The largest absolute Gasteiger partial charge is 0.379 e. The maximum atomic E-state index is 3.58. The summed E-state index contributed by atoms with van der Waals surface area (Å²) >= 11 is 0. The van der Waals surface area contributed by atoms with Crippen LogP contribution in [0.2, 0.25) is 0 Å². The third kappa shape index (κ3) is 3.92. The highest BCUT2D eigenvalue weighted by Crippen LogP contribution is 2.17. The van der Waals surface area contributed by atoms with Crippen molar-refractivity contribution in [2.75, 3.05) is 5.32 Å². The van der Waals surface area contributed by atoms with Crippen molar-refractivity contribution in [1.29, 1.82) is 0 Å². The molecule has 1 aromatic rings. The lowest BCUT2D eigenvalue weighted by Gasteiger charge is -2.19. The van der Waals surface area contributed by atoms with E-state index in [9.17, 15) is 0 Å². The second-order valence-electron chi connectivity index (χ2n) is 4.91. The molecule has 1 aliphatic rings. The minimum Gasteiger partial charge on any atom is -0.379 e. The van der Waals surface area contributed by atoms with Crippen molar-refractivity contribution < 1.29 is 0 Å². The van der Waals surface area contributed by atoms with Gasteiger partial charge in [0.1, 0.15) is 0 Å². The van der Waals surface area contributed by atoms with Crippen LogP contribution in [0.25, 0.3) is 0 Å². The molecule has 92 valence electrons. The zero-order valence-corrected chi connectivity index (χ0v) is 10.8. The lowest BCUT2D eigenvalue weighted by Crippen LogP contribution is -2.18. The van der Waals surface area contributed by atoms with Gasteiger partial charge >= 0.3 is 0 Å². The number of unbranched alkanes of at least 4 members (excludes halogenated alkanes) is 1. The predicted molar refractivity (Wildman–Crippen MR) is 75.5 cm³/mol. The van der Waals surface area contributed by atoms with Crippen LogP contribution < -0.4 is 5.32 Å². The number of aryl methyl sites for hydroxylation is 1. The van der Waals surface area contributed by atoms with E-state index in [1.54, 1.807) is 0 Å². The smallest absolute Gasteiger partial charge is 0.0444 e. The fourth-order valence-electron chi connectivity index (χ4n) is 2.30. The summed E-state index contributed by atoms with van der Waals surface area (Å²) in [7, 11) is 0. The Hall–Kier alpha value is -1.24. The molecule has 0 saturated heterocycles. The maximum absolute atomic E-state index is 3.58. The minimum absolute atomic E-state index is 0.533. The molecule has 0 spiro atoms. The minimum atomic E-state index is 0.533. The van der Waals surface area contributed by atoms with Gasteiger partial charge in [0, 0.05) is 11.7 Å². The Morgan fingerprint density at radius 1 is 1.24 bits per heavy atom. The van der Waals surface area contributed by atoms with Gasteiger partial charge in [-0.15, -0.1) is 0 Å². The molecular formula is C16H23N. The van der Waals surface area contributed by atoms with E-state index < -0.39 is 0 Å². The second kappa shape index (κ2) is 6.48. The Labute approximate surface area is 105 Å². The quantitative estimate of drug-likeness (QED) is 0.730. The van der Waals surface area contributed by atoms with E-state index in [0.29, 0.717) is 6.04 Å². The second-order valence-corrected chi connectivity index (χ2v) is 4.91. The number of nitrogens with one attached hydrogen (secondary N) is 1. The van der Waals surface area contributed by atoms with E-state index in [-0.39, 0.29) is 0 Å². The van der Waals surface area contributed by atoms with Gasteiger partial charge in [0.05, 0.1) is 0 Å². The van der Waals surface area contributed by atoms with Crippen molar-refractivity contribution in [2.24, 2.45) is 0 Å². The van der Waals surface area contributed by atoms with Crippen LogP contribution in [-0.4, -0.2) is 6.04 Å². The summed E-state index contributed by atoms with van der Waals surface area (Å²) in [6.07, 6.45) is 12.2. The topological polar surface area (TPSA) is 12.0 Å². The van der Waals surface area contributed by atoms with Gasteiger partial charge in [0.2, 0.25) is 0 Å². The number of anilines is 1. The van der Waals surface area contributed by atoms with Crippen molar-refractivity contribution in [3.8, 4) is 0 Å². The van der Waals surface area contributed by atoms with E-state index in [4.69, 9.17) is 0 Å². The Morgan fingerprint density at radius 3 is 2.71 bits per heavy atom. The molecule has 17 heavy (non-hydrogen) atoms. The molecule has 1 heteroatoms. The molecule has 1 nitrogen and oxygen atoms in total. The predicted octanol–water partition coefficient (Wildman–Crippen LogP) is 4.55. The molecule has 1 atom stereocenters. The summed E-state index contributed by atoms with van der Waals surface area (Å²) in [6, 6.07) is 9.47. The van der Waals surface area contributed by atoms with Crippen molar-refractivity contribution in [1.82, 2.24) is 0 Å². The van der Waals surface area contributed by atoms with E-state index in [1.807, 2.05) is 0 Å². The van der Waals surface area contributed by atoms with Crippen molar-refractivity contribution in [3.05, 3.63) is 42.0 Å². The van der Waals surface area contributed by atoms with Crippen LogP contribution in [0, 0.1) is 0 Å². The van der Waals surface area contributed by atoms with Gasteiger partial charge in [-0.05, 0) is 49.8 Å². The summed E-state index contributed by atoms with van der Waals surface area (Å²) in [5, 5.41) is 3.58. The molecule has 1 aromatic carbocycles. The molecule has 1 unspecified atom stereocenters. The normalized spacial score (nSPS) is 19.2. The lowest BCUT2D eigenvalue weighted by atomic mass is 10.0. The maximum Gasteiger partial charge on any atom is 0.0444 e. The van der Waals surface area contributed by atoms with E-state index in [0.717, 1.165) is 0 Å². The highest BCUT2D eigenvalue weighted by atomic mass is 14.9. The average Bonchev–Trinajstić information content (AvgIpc) is 2.39. The molecule has 1 aliphatic carbocycles. The van der Waals surface area contributed by atoms with Crippen LogP contribution in [0.4, 0.5) is 5.69 Å². The molecule has 0 fully saturated rings. The number of hydrogen-bond donors (Lipinski definition) is 1. The number of rotatable bonds is 5. The van der Waals surface area contributed by atoms with Gasteiger partial charge in [-0.1, -0.05) is 37.6 Å². The molecule has 0 radical (unpaired) electrons.